The maximum Gasteiger partial charge on any atom is 0.352 e. The lowest BCUT2D eigenvalue weighted by atomic mass is 10.1. The van der Waals surface area contributed by atoms with E-state index in [9.17, 15) is 19.5 Å². The molecule has 2 amide bonds. The summed E-state index contributed by atoms with van der Waals surface area (Å²) in [6, 6.07) is 5.21. The van der Waals surface area contributed by atoms with Crippen LogP contribution in [0.4, 0.5) is 4.79 Å². The molecule has 0 saturated heterocycles. The molecule has 0 unspecified atom stereocenters. The molecule has 1 aliphatic rings. The lowest BCUT2D eigenvalue weighted by Crippen LogP contribution is -2.50. The summed E-state index contributed by atoms with van der Waals surface area (Å²) in [4.78, 5) is 40.5. The number of fused-ring (bicyclic) bond motifs is 1. The van der Waals surface area contributed by atoms with Crippen molar-refractivity contribution in [3.05, 3.63) is 41.1 Å². The second-order valence-corrected chi connectivity index (χ2v) is 8.33. The number of benzene rings is 1. The van der Waals surface area contributed by atoms with Crippen LogP contribution in [0, 0.1) is 0 Å². The summed E-state index contributed by atoms with van der Waals surface area (Å²) in [5.41, 5.74) is 2.06. The number of hydrogen-bond donors (Lipinski definition) is 2. The lowest BCUT2D eigenvalue weighted by Gasteiger charge is -2.33. The number of urea groups is 1. The van der Waals surface area contributed by atoms with E-state index in [1.807, 2.05) is 26.0 Å². The Morgan fingerprint density at radius 1 is 1.06 bits per heavy atom. The molecule has 1 aromatic rings. The van der Waals surface area contributed by atoms with Crippen LogP contribution in [-0.4, -0.2) is 89.3 Å². The van der Waals surface area contributed by atoms with Gasteiger partial charge in [0, 0.05) is 19.1 Å². The van der Waals surface area contributed by atoms with E-state index in [2.05, 4.69) is 6.07 Å². The van der Waals surface area contributed by atoms with Gasteiger partial charge in [-0.05, 0) is 70.5 Å². The van der Waals surface area contributed by atoms with Crippen LogP contribution in [0.1, 0.15) is 31.4 Å². The van der Waals surface area contributed by atoms with E-state index in [1.165, 1.54) is 16.0 Å². The summed E-state index contributed by atoms with van der Waals surface area (Å²) < 4.78 is 5.87. The van der Waals surface area contributed by atoms with E-state index in [-0.39, 0.29) is 25.7 Å². The maximum absolute atomic E-state index is 13.3. The number of carboxylic acids is 2. The molecule has 1 aromatic carbocycles. The highest BCUT2D eigenvalue weighted by molar-refractivity contribution is 5.97. The minimum absolute atomic E-state index is 0.0339. The largest absolute Gasteiger partial charge is 0.492 e. The van der Waals surface area contributed by atoms with Crippen LogP contribution in [0.25, 0.3) is 0 Å². The summed E-state index contributed by atoms with van der Waals surface area (Å²) in [5.74, 6) is -2.16. The maximum atomic E-state index is 13.3. The molecular weight excluding hydrogens is 414 g/mol. The number of carbonyl (C=O) groups excluding carboxylic acids is 1. The van der Waals surface area contributed by atoms with Gasteiger partial charge < -0.3 is 24.7 Å². The Bertz CT molecular complexity index is 865. The minimum atomic E-state index is -1.47. The molecule has 0 saturated carbocycles. The third kappa shape index (κ3) is 6.98. The molecule has 0 heterocycles. The summed E-state index contributed by atoms with van der Waals surface area (Å²) in [5, 5.41) is 18.6. The average molecular weight is 448 g/mol. The number of amides is 2. The Hall–Kier alpha value is -3.07. The number of aliphatic carboxylic acids is 2. The third-order valence-electron chi connectivity index (χ3n) is 5.31. The summed E-state index contributed by atoms with van der Waals surface area (Å²) in [6.45, 7) is 4.50. The van der Waals surface area contributed by atoms with Gasteiger partial charge in [-0.2, -0.15) is 0 Å². The van der Waals surface area contributed by atoms with Crippen molar-refractivity contribution in [1.29, 1.82) is 0 Å². The highest BCUT2D eigenvalue weighted by Gasteiger charge is 2.29. The van der Waals surface area contributed by atoms with E-state index in [0.29, 0.717) is 12.6 Å². The van der Waals surface area contributed by atoms with Gasteiger partial charge in [0.2, 0.25) is 0 Å². The second kappa shape index (κ2) is 11.5. The van der Waals surface area contributed by atoms with E-state index < -0.39 is 23.7 Å². The van der Waals surface area contributed by atoms with E-state index >= 15 is 0 Å². The smallest absolute Gasteiger partial charge is 0.352 e. The molecule has 2 rings (SSSR count). The van der Waals surface area contributed by atoms with Crippen LogP contribution in [0.15, 0.2) is 30.0 Å². The van der Waals surface area contributed by atoms with Gasteiger partial charge in [0.15, 0.2) is 0 Å². The van der Waals surface area contributed by atoms with Crippen LogP contribution < -0.4 is 4.74 Å². The van der Waals surface area contributed by atoms with Crippen molar-refractivity contribution < 1.29 is 29.3 Å². The minimum Gasteiger partial charge on any atom is -0.492 e. The number of ether oxygens (including phenoxy) is 1. The monoisotopic (exact) mass is 447 g/mol. The summed E-state index contributed by atoms with van der Waals surface area (Å²) in [7, 11) is 3.57. The van der Waals surface area contributed by atoms with Crippen LogP contribution >= 0.6 is 0 Å². The summed E-state index contributed by atoms with van der Waals surface area (Å²) in [6.07, 6.45) is 3.82. The highest BCUT2D eigenvalue weighted by Crippen LogP contribution is 2.26. The molecule has 9 heteroatoms. The van der Waals surface area contributed by atoms with Crippen LogP contribution in [0.5, 0.6) is 5.75 Å². The molecule has 0 bridgehead atoms. The number of likely N-dealkylation sites (N-methyl/N-ethyl adjacent to an activating group) is 1. The van der Waals surface area contributed by atoms with Gasteiger partial charge in [-0.3, -0.25) is 4.90 Å². The van der Waals surface area contributed by atoms with E-state index in [4.69, 9.17) is 9.84 Å². The Kier molecular flexibility index (Phi) is 9.07. The first-order valence-electron chi connectivity index (χ1n) is 10.8. The van der Waals surface area contributed by atoms with Crippen molar-refractivity contribution in [1.82, 2.24) is 14.7 Å². The standard InChI is InChI=1S/C23H33N3O6/c1-16(2)25(12-13-32-19-9-8-17-6-5-7-18(17)14-19)23(31)26(11-10-24(3)4)20(22(29)30)15-21(27)28/h8-9,14-16H,5-7,10-13H2,1-4H3,(H,27,28)(H,29,30)/b20-15-. The zero-order valence-electron chi connectivity index (χ0n) is 19.2. The Morgan fingerprint density at radius 3 is 2.34 bits per heavy atom. The fourth-order valence-electron chi connectivity index (χ4n) is 3.62. The van der Waals surface area contributed by atoms with Crippen molar-refractivity contribution in [2.75, 3.05) is 40.3 Å². The molecule has 1 aliphatic carbocycles. The molecule has 0 aliphatic heterocycles. The van der Waals surface area contributed by atoms with Crippen LogP contribution in [0.2, 0.25) is 0 Å². The Morgan fingerprint density at radius 2 is 1.75 bits per heavy atom. The van der Waals surface area contributed by atoms with Gasteiger partial charge >= 0.3 is 18.0 Å². The van der Waals surface area contributed by atoms with Crippen LogP contribution in [0.3, 0.4) is 0 Å². The van der Waals surface area contributed by atoms with Gasteiger partial charge in [-0.1, -0.05) is 6.07 Å². The molecule has 0 radical (unpaired) electrons. The van der Waals surface area contributed by atoms with Gasteiger partial charge in [0.25, 0.3) is 0 Å². The topological polar surface area (TPSA) is 111 Å². The Labute approximate surface area is 188 Å². The highest BCUT2D eigenvalue weighted by atomic mass is 16.5. The number of carboxylic acid groups (broad SMARTS) is 2. The molecule has 0 fully saturated rings. The third-order valence-corrected chi connectivity index (χ3v) is 5.31. The lowest BCUT2D eigenvalue weighted by molar-refractivity contribution is -0.136. The number of nitrogens with zero attached hydrogens (tertiary/aromatic N) is 3. The fourth-order valence-corrected chi connectivity index (χ4v) is 3.62. The predicted octanol–water partition coefficient (Wildman–Crippen LogP) is 2.30. The molecule has 2 N–H and O–H groups in total. The van der Waals surface area contributed by atoms with Gasteiger partial charge in [-0.15, -0.1) is 0 Å². The quantitative estimate of drug-likeness (QED) is 0.501. The second-order valence-electron chi connectivity index (χ2n) is 8.33. The average Bonchev–Trinajstić information content (AvgIpc) is 3.17. The van der Waals surface area contributed by atoms with Crippen molar-refractivity contribution in [2.45, 2.75) is 39.2 Å². The van der Waals surface area contributed by atoms with Crippen molar-refractivity contribution in [3.8, 4) is 5.75 Å². The van der Waals surface area contributed by atoms with E-state index in [1.54, 1.807) is 19.0 Å². The number of carbonyl (C=O) groups is 3. The van der Waals surface area contributed by atoms with Gasteiger partial charge in [0.1, 0.15) is 18.1 Å². The summed E-state index contributed by atoms with van der Waals surface area (Å²) >= 11 is 0. The predicted molar refractivity (Wildman–Crippen MR) is 120 cm³/mol. The van der Waals surface area contributed by atoms with Gasteiger partial charge in [-0.25, -0.2) is 14.4 Å². The first kappa shape index (κ1) is 25.2. The van der Waals surface area contributed by atoms with Crippen molar-refractivity contribution in [3.63, 3.8) is 0 Å². The number of aryl methyl sites for hydroxylation is 2. The van der Waals surface area contributed by atoms with Crippen LogP contribution in [-0.2, 0) is 22.4 Å². The molecule has 176 valence electrons. The first-order chi connectivity index (χ1) is 15.1. The first-order valence-corrected chi connectivity index (χ1v) is 10.8. The molecule has 32 heavy (non-hydrogen) atoms. The van der Waals surface area contributed by atoms with Crippen molar-refractivity contribution >= 4 is 18.0 Å². The SMILES string of the molecule is CC(C)N(CCOc1ccc2c(c1)CCC2)C(=O)N(CCN(C)C)/C(=C\C(=O)O)C(=O)O. The molecule has 0 aromatic heterocycles. The zero-order valence-corrected chi connectivity index (χ0v) is 19.2. The fraction of sp³-hybridized carbons (Fsp3) is 0.522. The molecule has 0 spiro atoms. The molecule has 9 nitrogen and oxygen atoms in total. The van der Waals surface area contributed by atoms with E-state index in [0.717, 1.165) is 29.9 Å². The molecule has 0 atom stereocenters. The van der Waals surface area contributed by atoms with Crippen molar-refractivity contribution in [2.24, 2.45) is 0 Å². The van der Waals surface area contributed by atoms with Gasteiger partial charge in [0.05, 0.1) is 12.6 Å². The number of hydrogen-bond acceptors (Lipinski definition) is 5. The Balaban J connectivity index is 2.15. The number of rotatable bonds is 11. The molecular formula is C23H33N3O6. The normalized spacial score (nSPS) is 13.2. The zero-order chi connectivity index (χ0) is 23.8.